The summed E-state index contributed by atoms with van der Waals surface area (Å²) in [5.41, 5.74) is 0. The summed E-state index contributed by atoms with van der Waals surface area (Å²) in [6.45, 7) is 31.4. The van der Waals surface area contributed by atoms with Gasteiger partial charge in [0.15, 0.2) is 33.3 Å². The lowest BCUT2D eigenvalue weighted by Gasteiger charge is -2.34. The molecule has 0 radical (unpaired) electrons. The second-order valence-electron chi connectivity index (χ2n) is 19.2. The smallest absolute Gasteiger partial charge is 0.173 e. The van der Waals surface area contributed by atoms with E-state index in [1.54, 1.807) is 0 Å². The maximum atomic E-state index is 10.5. The highest BCUT2D eigenvalue weighted by molar-refractivity contribution is 6.85. The maximum Gasteiger partial charge on any atom is 0.173 e. The monoisotopic (exact) mass is 900 g/mol. The molecule has 0 aliphatic carbocycles. The molecule has 11 nitrogen and oxygen atoms in total. The van der Waals surface area contributed by atoms with Crippen molar-refractivity contribution in [1.82, 2.24) is 4.90 Å². The number of ether oxygens (including phenoxy) is 4. The van der Waals surface area contributed by atoms with Gasteiger partial charge in [-0.2, -0.15) is 0 Å². The zero-order valence-corrected chi connectivity index (χ0v) is 43.8. The summed E-state index contributed by atoms with van der Waals surface area (Å²) in [6, 6.07) is 4.14. The van der Waals surface area contributed by atoms with Crippen LogP contribution in [-0.2, 0) is 27.2 Å². The van der Waals surface area contributed by atoms with E-state index >= 15 is 0 Å². The molecule has 4 atom stereocenters. The maximum absolute atomic E-state index is 10.5. The van der Waals surface area contributed by atoms with Crippen LogP contribution in [0, 0.1) is 0 Å². The van der Waals surface area contributed by atoms with Crippen molar-refractivity contribution in [1.29, 1.82) is 0 Å². The molecule has 0 aromatic rings. The summed E-state index contributed by atoms with van der Waals surface area (Å²) >= 11 is 0. The van der Waals surface area contributed by atoms with Gasteiger partial charge >= 0.3 is 0 Å². The van der Waals surface area contributed by atoms with Crippen LogP contribution >= 0.6 is 0 Å². The number of unbranched alkanes of at least 4 members (excludes halogenated alkanes) is 4. The molecule has 0 rings (SSSR count). The van der Waals surface area contributed by atoms with Gasteiger partial charge in [0.2, 0.25) is 0 Å². The Labute approximate surface area is 362 Å². The number of hydrogen-bond acceptors (Lipinski definition) is 11. The van der Waals surface area contributed by atoms with Crippen LogP contribution in [0.5, 0.6) is 0 Å². The van der Waals surface area contributed by atoms with E-state index in [4.69, 9.17) is 27.2 Å². The van der Waals surface area contributed by atoms with Gasteiger partial charge < -0.3 is 52.5 Å². The number of rotatable bonds is 42. The van der Waals surface area contributed by atoms with Crippen LogP contribution in [0.4, 0.5) is 0 Å². The van der Waals surface area contributed by atoms with Gasteiger partial charge in [0.05, 0.1) is 50.8 Å². The Morgan fingerprint density at radius 2 is 0.793 bits per heavy atom. The van der Waals surface area contributed by atoms with Crippen LogP contribution in [-0.4, -0.2) is 156 Å². The topological polar surface area (TPSA) is 140 Å². The molecule has 0 amide bonds. The Hall–Kier alpha value is 0.428. The van der Waals surface area contributed by atoms with Crippen molar-refractivity contribution in [3.63, 3.8) is 0 Å². The van der Waals surface area contributed by atoms with Crippen molar-refractivity contribution < 1.29 is 47.6 Å². The van der Waals surface area contributed by atoms with Crippen LogP contribution in [0.1, 0.15) is 104 Å². The summed E-state index contributed by atoms with van der Waals surface area (Å²) < 4.78 is 36.6. The van der Waals surface area contributed by atoms with Gasteiger partial charge in [-0.25, -0.2) is 0 Å². The van der Waals surface area contributed by atoms with Crippen LogP contribution in [0.15, 0.2) is 0 Å². The molecule has 0 aliphatic heterocycles. The fourth-order valence-electron chi connectivity index (χ4n) is 7.52. The molecule has 0 bridgehead atoms. The molecular formula is C43H97NO10Si4. The van der Waals surface area contributed by atoms with Gasteiger partial charge in [-0.05, 0) is 147 Å². The molecule has 0 saturated heterocycles. The first kappa shape index (κ1) is 58.4. The van der Waals surface area contributed by atoms with E-state index < -0.39 is 51.6 Å². The van der Waals surface area contributed by atoms with Crippen molar-refractivity contribution in [3.8, 4) is 0 Å². The normalized spacial score (nSPS) is 15.3. The van der Waals surface area contributed by atoms with Crippen molar-refractivity contribution in [2.45, 2.75) is 205 Å². The Bertz CT molecular complexity index is 953. The summed E-state index contributed by atoms with van der Waals surface area (Å²) in [7, 11) is -7.27. The number of hydrogen-bond donors (Lipinski definition) is 4. The average Bonchev–Trinajstić information content (AvgIpc) is 3.12. The third kappa shape index (κ3) is 36.0. The van der Waals surface area contributed by atoms with Crippen LogP contribution in [0.2, 0.25) is 76.6 Å². The summed E-state index contributed by atoms with van der Waals surface area (Å²) in [5.74, 6) is 0. The number of likely N-dealkylation sites (N-methyl/N-ethyl adjacent to an activating group) is 1. The van der Waals surface area contributed by atoms with Gasteiger partial charge in [-0.1, -0.05) is 46.5 Å². The fourth-order valence-corrected chi connectivity index (χ4v) is 25.1. The van der Waals surface area contributed by atoms with Gasteiger partial charge in [0.25, 0.3) is 0 Å². The quantitative estimate of drug-likeness (QED) is 0.0346. The lowest BCUT2D eigenvalue weighted by Crippen LogP contribution is -2.44. The first-order valence-electron chi connectivity index (χ1n) is 23.4. The summed E-state index contributed by atoms with van der Waals surface area (Å²) in [4.78, 5) is 2.34. The van der Waals surface area contributed by atoms with Crippen molar-refractivity contribution >= 4 is 33.3 Å². The molecule has 0 aliphatic rings. The summed E-state index contributed by atoms with van der Waals surface area (Å²) in [5, 5.41) is 41.0. The van der Waals surface area contributed by atoms with Gasteiger partial charge in [0.1, 0.15) is 0 Å². The lowest BCUT2D eigenvalue weighted by molar-refractivity contribution is 0.0173. The standard InChI is InChI=1S/C43H97NO10Si4/c1-12-15-16-17-18-26-44(14-3)35-43(48)39-52-30-23-34-58(10,11)54-57(8,9)33-22-29-51-38-42(47)25-19-24-41(46)37-50-28-21-32-56(6,7)53-55(4,5)31-20-27-49-36-40(45)13-2/h40-43,45-48H,12-39H2,1-11H3. The molecule has 0 aromatic carbocycles. The van der Waals surface area contributed by atoms with E-state index in [-0.39, 0.29) is 6.10 Å². The second kappa shape index (κ2) is 33.9. The van der Waals surface area contributed by atoms with Gasteiger partial charge in [-0.3, -0.25) is 0 Å². The Morgan fingerprint density at radius 1 is 0.431 bits per heavy atom. The zero-order chi connectivity index (χ0) is 43.9. The largest absolute Gasteiger partial charge is 0.455 e. The van der Waals surface area contributed by atoms with E-state index in [0.29, 0.717) is 72.2 Å². The minimum atomic E-state index is -1.84. The van der Waals surface area contributed by atoms with E-state index in [1.165, 1.54) is 32.1 Å². The molecule has 0 fully saturated rings. The third-order valence-electron chi connectivity index (χ3n) is 10.7. The number of aliphatic hydroxyl groups excluding tert-OH is 4. The number of aliphatic hydroxyl groups is 4. The van der Waals surface area contributed by atoms with E-state index in [2.05, 4.69) is 71.1 Å². The van der Waals surface area contributed by atoms with Crippen molar-refractivity contribution in [2.75, 3.05) is 72.5 Å². The van der Waals surface area contributed by atoms with Crippen LogP contribution in [0.3, 0.4) is 0 Å². The predicted molar refractivity (Wildman–Crippen MR) is 252 cm³/mol. The Morgan fingerprint density at radius 3 is 1.16 bits per heavy atom. The highest BCUT2D eigenvalue weighted by atomic mass is 28.4. The van der Waals surface area contributed by atoms with E-state index in [9.17, 15) is 20.4 Å². The fraction of sp³-hybridized carbons (Fsp3) is 1.00. The third-order valence-corrected chi connectivity index (χ3v) is 25.7. The molecule has 0 aromatic heterocycles. The van der Waals surface area contributed by atoms with Crippen molar-refractivity contribution in [2.24, 2.45) is 0 Å². The highest BCUT2D eigenvalue weighted by Gasteiger charge is 2.33. The Balaban J connectivity index is 4.02. The van der Waals surface area contributed by atoms with Crippen LogP contribution < -0.4 is 0 Å². The number of nitrogens with zero attached hydrogens (tertiary/aromatic N) is 1. The van der Waals surface area contributed by atoms with Crippen molar-refractivity contribution in [3.05, 3.63) is 0 Å². The molecular weight excluding hydrogens is 803 g/mol. The average molecular weight is 901 g/mol. The molecule has 0 spiro atoms. The molecule has 58 heavy (non-hydrogen) atoms. The second-order valence-corrected chi connectivity index (χ2v) is 36.9. The minimum absolute atomic E-state index is 0.318. The van der Waals surface area contributed by atoms with Gasteiger partial charge in [-0.15, -0.1) is 0 Å². The molecule has 4 N–H and O–H groups in total. The Kier molecular flexibility index (Phi) is 34.2. The molecule has 15 heteroatoms. The lowest BCUT2D eigenvalue weighted by atomic mass is 10.1. The van der Waals surface area contributed by atoms with Crippen LogP contribution in [0.25, 0.3) is 0 Å². The first-order chi connectivity index (χ1) is 27.2. The first-order valence-corrected chi connectivity index (χ1v) is 35.9. The van der Waals surface area contributed by atoms with Gasteiger partial charge in [0, 0.05) is 33.0 Å². The highest BCUT2D eigenvalue weighted by Crippen LogP contribution is 2.25. The predicted octanol–water partition coefficient (Wildman–Crippen LogP) is 8.78. The molecule has 4 unspecified atom stereocenters. The molecule has 0 saturated carbocycles. The molecule has 0 heterocycles. The zero-order valence-electron chi connectivity index (χ0n) is 39.8. The van der Waals surface area contributed by atoms with E-state index in [0.717, 1.165) is 75.8 Å². The molecule has 350 valence electrons. The minimum Gasteiger partial charge on any atom is -0.455 e. The SMILES string of the molecule is CCCCCCCN(CC)CC(O)COCCC[Si](C)(C)O[Si](C)(C)CCCOCC(O)CCCC(O)COCCC[Si](C)(C)O[Si](C)(C)CCCOCC(O)CC. The summed E-state index contributed by atoms with van der Waals surface area (Å²) in [6.07, 6.45) is 10.9. The van der Waals surface area contributed by atoms with E-state index in [1.807, 2.05) is 6.92 Å².